The lowest BCUT2D eigenvalue weighted by Crippen LogP contribution is -2.20. The molecule has 0 aromatic heterocycles. The minimum absolute atomic E-state index is 0.265. The fraction of sp³-hybridized carbons (Fsp3) is 0.562. The van der Waals surface area contributed by atoms with Crippen molar-refractivity contribution in [2.45, 2.75) is 25.8 Å². The highest BCUT2D eigenvalue weighted by molar-refractivity contribution is 5.66. The van der Waals surface area contributed by atoms with Crippen LogP contribution in [0.3, 0.4) is 0 Å². The van der Waals surface area contributed by atoms with Gasteiger partial charge in [-0.25, -0.2) is 0 Å². The third-order valence-corrected chi connectivity index (χ3v) is 4.02. The van der Waals surface area contributed by atoms with Crippen LogP contribution in [-0.4, -0.2) is 43.3 Å². The summed E-state index contributed by atoms with van der Waals surface area (Å²) in [5, 5.41) is 8.76. The zero-order valence-corrected chi connectivity index (χ0v) is 12.7. The molecular formula is C16H23NO4. The van der Waals surface area contributed by atoms with Gasteiger partial charge in [0.05, 0.1) is 14.2 Å². The summed E-state index contributed by atoms with van der Waals surface area (Å²) in [5.41, 5.74) is 1.11. The lowest BCUT2D eigenvalue weighted by atomic mass is 10.0. The molecule has 0 amide bonds. The number of nitrogens with zero attached hydrogens (tertiary/aromatic N) is 1. The number of carbonyl (C=O) groups is 1. The average Bonchev–Trinajstić information content (AvgIpc) is 2.92. The number of ether oxygens (including phenoxy) is 2. The summed E-state index contributed by atoms with van der Waals surface area (Å²) in [6, 6.07) is 5.82. The van der Waals surface area contributed by atoms with Gasteiger partial charge in [0, 0.05) is 25.1 Å². The van der Waals surface area contributed by atoms with Gasteiger partial charge in [0.1, 0.15) is 11.5 Å². The molecular weight excluding hydrogens is 270 g/mol. The Morgan fingerprint density at radius 2 is 2.19 bits per heavy atom. The molecule has 2 rings (SSSR count). The summed E-state index contributed by atoms with van der Waals surface area (Å²) in [7, 11) is 3.33. The van der Waals surface area contributed by atoms with Gasteiger partial charge in [-0.15, -0.1) is 0 Å². The number of likely N-dealkylation sites (tertiary alicyclic amines) is 1. The molecule has 0 aliphatic carbocycles. The molecule has 1 aromatic rings. The van der Waals surface area contributed by atoms with Crippen LogP contribution in [0.5, 0.6) is 11.5 Å². The molecule has 5 nitrogen and oxygen atoms in total. The molecule has 1 aromatic carbocycles. The van der Waals surface area contributed by atoms with Gasteiger partial charge in [-0.2, -0.15) is 0 Å². The van der Waals surface area contributed by atoms with Gasteiger partial charge in [0.15, 0.2) is 0 Å². The van der Waals surface area contributed by atoms with Crippen molar-refractivity contribution in [3.63, 3.8) is 0 Å². The SMILES string of the molecule is COc1ccc(OC)c(CN2CCC(CCC(=O)O)C2)c1. The van der Waals surface area contributed by atoms with Crippen LogP contribution in [0.1, 0.15) is 24.8 Å². The van der Waals surface area contributed by atoms with Crippen LogP contribution in [0, 0.1) is 5.92 Å². The molecule has 116 valence electrons. The average molecular weight is 293 g/mol. The van der Waals surface area contributed by atoms with Crippen LogP contribution in [0.25, 0.3) is 0 Å². The molecule has 1 aliphatic heterocycles. The third kappa shape index (κ3) is 4.36. The minimum atomic E-state index is -0.706. The Balaban J connectivity index is 1.94. The normalized spacial score (nSPS) is 18.7. The number of aliphatic carboxylic acids is 1. The maximum Gasteiger partial charge on any atom is 0.303 e. The van der Waals surface area contributed by atoms with Gasteiger partial charge in [-0.1, -0.05) is 0 Å². The standard InChI is InChI=1S/C16H23NO4/c1-20-14-4-5-15(21-2)13(9-14)11-17-8-7-12(10-17)3-6-16(18)19/h4-5,9,12H,3,6-8,10-11H2,1-2H3,(H,18,19). The first-order valence-corrected chi connectivity index (χ1v) is 7.27. The fourth-order valence-electron chi connectivity index (χ4n) is 2.87. The molecule has 0 spiro atoms. The summed E-state index contributed by atoms with van der Waals surface area (Å²) in [4.78, 5) is 13.0. The van der Waals surface area contributed by atoms with E-state index in [1.165, 1.54) is 0 Å². The molecule has 5 heteroatoms. The number of carboxylic acid groups (broad SMARTS) is 1. The van der Waals surface area contributed by atoms with E-state index in [1.54, 1.807) is 14.2 Å². The van der Waals surface area contributed by atoms with Gasteiger partial charge in [-0.3, -0.25) is 9.69 Å². The van der Waals surface area contributed by atoms with Crippen LogP contribution in [0.4, 0.5) is 0 Å². The van der Waals surface area contributed by atoms with Gasteiger partial charge in [0.2, 0.25) is 0 Å². The lowest BCUT2D eigenvalue weighted by Gasteiger charge is -2.18. The highest BCUT2D eigenvalue weighted by Crippen LogP contribution is 2.28. The predicted molar refractivity (Wildman–Crippen MR) is 79.8 cm³/mol. The van der Waals surface area contributed by atoms with Crippen molar-refractivity contribution >= 4 is 5.97 Å². The van der Waals surface area contributed by atoms with Crippen molar-refractivity contribution in [2.75, 3.05) is 27.3 Å². The lowest BCUT2D eigenvalue weighted by molar-refractivity contribution is -0.137. The zero-order valence-electron chi connectivity index (χ0n) is 12.7. The molecule has 1 fully saturated rings. The van der Waals surface area contributed by atoms with Crippen molar-refractivity contribution in [3.05, 3.63) is 23.8 Å². The van der Waals surface area contributed by atoms with Crippen LogP contribution in [0.15, 0.2) is 18.2 Å². The molecule has 1 atom stereocenters. The summed E-state index contributed by atoms with van der Waals surface area (Å²) < 4.78 is 10.7. The second-order valence-corrected chi connectivity index (χ2v) is 5.50. The zero-order chi connectivity index (χ0) is 15.2. The van der Waals surface area contributed by atoms with E-state index in [0.717, 1.165) is 49.5 Å². The first-order valence-electron chi connectivity index (χ1n) is 7.27. The molecule has 1 heterocycles. The van der Waals surface area contributed by atoms with Crippen LogP contribution >= 0.6 is 0 Å². The van der Waals surface area contributed by atoms with Crippen molar-refractivity contribution in [3.8, 4) is 11.5 Å². The van der Waals surface area contributed by atoms with Gasteiger partial charge < -0.3 is 14.6 Å². The van der Waals surface area contributed by atoms with E-state index < -0.39 is 5.97 Å². The number of rotatable bonds is 7. The van der Waals surface area contributed by atoms with E-state index in [-0.39, 0.29) is 6.42 Å². The summed E-state index contributed by atoms with van der Waals surface area (Å²) in [6.07, 6.45) is 2.10. The number of hydrogen-bond acceptors (Lipinski definition) is 4. The van der Waals surface area contributed by atoms with E-state index in [1.807, 2.05) is 18.2 Å². The largest absolute Gasteiger partial charge is 0.497 e. The Kier molecular flexibility index (Phi) is 5.44. The molecule has 1 aliphatic rings. The molecule has 21 heavy (non-hydrogen) atoms. The maximum atomic E-state index is 10.6. The first kappa shape index (κ1) is 15.6. The van der Waals surface area contributed by atoms with E-state index in [0.29, 0.717) is 5.92 Å². The fourth-order valence-corrected chi connectivity index (χ4v) is 2.87. The molecule has 1 saturated heterocycles. The number of benzene rings is 1. The molecule has 0 saturated carbocycles. The summed E-state index contributed by atoms with van der Waals surface area (Å²) in [6.45, 7) is 2.77. The molecule has 1 N–H and O–H groups in total. The van der Waals surface area contributed by atoms with E-state index in [9.17, 15) is 4.79 Å². The first-order chi connectivity index (χ1) is 10.1. The second kappa shape index (κ2) is 7.31. The van der Waals surface area contributed by atoms with Crippen molar-refractivity contribution in [1.29, 1.82) is 0 Å². The maximum absolute atomic E-state index is 10.6. The highest BCUT2D eigenvalue weighted by Gasteiger charge is 2.23. The highest BCUT2D eigenvalue weighted by atomic mass is 16.5. The van der Waals surface area contributed by atoms with Crippen LogP contribution in [-0.2, 0) is 11.3 Å². The number of carboxylic acids is 1. The van der Waals surface area contributed by atoms with Crippen molar-refractivity contribution in [1.82, 2.24) is 4.90 Å². The Bertz CT molecular complexity index is 489. The van der Waals surface area contributed by atoms with Crippen molar-refractivity contribution < 1.29 is 19.4 Å². The van der Waals surface area contributed by atoms with E-state index in [4.69, 9.17) is 14.6 Å². The van der Waals surface area contributed by atoms with Gasteiger partial charge in [0.25, 0.3) is 0 Å². The quantitative estimate of drug-likeness (QED) is 0.836. The minimum Gasteiger partial charge on any atom is -0.497 e. The van der Waals surface area contributed by atoms with E-state index in [2.05, 4.69) is 4.90 Å². The Morgan fingerprint density at radius 3 is 2.86 bits per heavy atom. The summed E-state index contributed by atoms with van der Waals surface area (Å²) >= 11 is 0. The molecule has 0 radical (unpaired) electrons. The van der Waals surface area contributed by atoms with Crippen LogP contribution in [0.2, 0.25) is 0 Å². The third-order valence-electron chi connectivity index (χ3n) is 4.02. The number of hydrogen-bond donors (Lipinski definition) is 1. The Hall–Kier alpha value is -1.75. The monoisotopic (exact) mass is 293 g/mol. The molecule has 0 bridgehead atoms. The Labute approximate surface area is 125 Å². The Morgan fingerprint density at radius 1 is 1.38 bits per heavy atom. The van der Waals surface area contributed by atoms with E-state index >= 15 is 0 Å². The van der Waals surface area contributed by atoms with Crippen LogP contribution < -0.4 is 9.47 Å². The second-order valence-electron chi connectivity index (χ2n) is 5.50. The number of methoxy groups -OCH3 is 2. The van der Waals surface area contributed by atoms with Gasteiger partial charge >= 0.3 is 5.97 Å². The van der Waals surface area contributed by atoms with Gasteiger partial charge in [-0.05, 0) is 43.5 Å². The topological polar surface area (TPSA) is 59.0 Å². The smallest absolute Gasteiger partial charge is 0.303 e. The van der Waals surface area contributed by atoms with Crippen molar-refractivity contribution in [2.24, 2.45) is 5.92 Å². The molecule has 1 unspecified atom stereocenters. The predicted octanol–water partition coefficient (Wildman–Crippen LogP) is 2.39. The summed E-state index contributed by atoms with van der Waals surface area (Å²) in [5.74, 6) is 1.47.